The molecular formula is C13H16Br2Cl2N2S2. The van der Waals surface area contributed by atoms with Gasteiger partial charge in [0.05, 0.1) is 9.83 Å². The van der Waals surface area contributed by atoms with Crippen LogP contribution in [0.5, 0.6) is 0 Å². The molecule has 2 aromatic heterocycles. The molecule has 0 aliphatic carbocycles. The molecule has 21 heavy (non-hydrogen) atoms. The van der Waals surface area contributed by atoms with Gasteiger partial charge in [-0.15, -0.1) is 47.5 Å². The Balaban J connectivity index is 0.00000110. The fourth-order valence-electron chi connectivity index (χ4n) is 2.39. The van der Waals surface area contributed by atoms with Crippen LogP contribution in [-0.2, 0) is 0 Å². The summed E-state index contributed by atoms with van der Waals surface area (Å²) in [5, 5.41) is 5.60. The molecule has 0 unspecified atom stereocenters. The lowest BCUT2D eigenvalue weighted by Gasteiger charge is -2.33. The number of piperazine rings is 1. The molecule has 1 aliphatic heterocycles. The first-order valence-corrected chi connectivity index (χ1v) is 9.47. The Labute approximate surface area is 162 Å². The standard InChI is InChI=1S/C13H14Br2N2S2.2ClH/c14-9-8-11(19-13(9)15)12(10-2-1-7-18-10)17-5-3-16-4-6-17;;/h1-2,7-8,12,16H,3-6H2;2*1H/t12-;;/m1../s1. The number of thiophene rings is 2. The third-order valence-electron chi connectivity index (χ3n) is 3.26. The molecule has 0 spiro atoms. The van der Waals surface area contributed by atoms with E-state index in [1.165, 1.54) is 13.5 Å². The average molecular weight is 495 g/mol. The Kier molecular flexibility index (Phi) is 8.75. The van der Waals surface area contributed by atoms with Gasteiger partial charge in [-0.1, -0.05) is 6.07 Å². The van der Waals surface area contributed by atoms with E-state index < -0.39 is 0 Å². The highest BCUT2D eigenvalue weighted by molar-refractivity contribution is 9.13. The molecule has 0 amide bonds. The van der Waals surface area contributed by atoms with Gasteiger partial charge < -0.3 is 5.32 Å². The molecular weight excluding hydrogens is 479 g/mol. The minimum atomic E-state index is 0. The van der Waals surface area contributed by atoms with Crippen molar-refractivity contribution < 1.29 is 0 Å². The van der Waals surface area contributed by atoms with Gasteiger partial charge in [0.1, 0.15) is 0 Å². The molecule has 2 aromatic rings. The van der Waals surface area contributed by atoms with Crippen LogP contribution in [0.1, 0.15) is 15.8 Å². The molecule has 0 saturated carbocycles. The van der Waals surface area contributed by atoms with Crippen molar-refractivity contribution >= 4 is 79.3 Å². The van der Waals surface area contributed by atoms with Gasteiger partial charge in [-0.2, -0.15) is 0 Å². The van der Waals surface area contributed by atoms with Crippen molar-refractivity contribution in [3.05, 3.63) is 41.6 Å². The van der Waals surface area contributed by atoms with Crippen LogP contribution in [0.15, 0.2) is 31.8 Å². The van der Waals surface area contributed by atoms with Crippen LogP contribution in [0, 0.1) is 0 Å². The fourth-order valence-corrected chi connectivity index (χ4v) is 5.58. The van der Waals surface area contributed by atoms with Crippen molar-refractivity contribution in [1.29, 1.82) is 0 Å². The van der Waals surface area contributed by atoms with E-state index in [1.54, 1.807) is 0 Å². The second kappa shape index (κ2) is 9.23. The third-order valence-corrected chi connectivity index (χ3v) is 7.50. The van der Waals surface area contributed by atoms with Gasteiger partial charge in [0, 0.05) is 40.4 Å². The Morgan fingerprint density at radius 3 is 2.38 bits per heavy atom. The number of hydrogen-bond acceptors (Lipinski definition) is 4. The summed E-state index contributed by atoms with van der Waals surface area (Å²) in [5.41, 5.74) is 0. The molecule has 1 atom stereocenters. The van der Waals surface area contributed by atoms with Crippen molar-refractivity contribution in [2.75, 3.05) is 26.2 Å². The van der Waals surface area contributed by atoms with Gasteiger partial charge in [-0.05, 0) is 49.4 Å². The van der Waals surface area contributed by atoms with Gasteiger partial charge >= 0.3 is 0 Å². The van der Waals surface area contributed by atoms with E-state index in [0.29, 0.717) is 6.04 Å². The van der Waals surface area contributed by atoms with Gasteiger partial charge in [0.2, 0.25) is 0 Å². The maximum absolute atomic E-state index is 3.62. The first-order valence-electron chi connectivity index (χ1n) is 6.18. The molecule has 0 aromatic carbocycles. The topological polar surface area (TPSA) is 15.3 Å². The number of hydrogen-bond donors (Lipinski definition) is 1. The zero-order chi connectivity index (χ0) is 13.2. The molecule has 2 nitrogen and oxygen atoms in total. The molecule has 118 valence electrons. The maximum atomic E-state index is 3.62. The first-order chi connectivity index (χ1) is 9.25. The van der Waals surface area contributed by atoms with E-state index in [9.17, 15) is 0 Å². The van der Waals surface area contributed by atoms with Crippen LogP contribution >= 0.6 is 79.3 Å². The molecule has 0 bridgehead atoms. The Hall–Kier alpha value is 0.860. The molecule has 1 fully saturated rings. The van der Waals surface area contributed by atoms with Crippen LogP contribution in [-0.4, -0.2) is 31.1 Å². The number of nitrogens with one attached hydrogen (secondary N) is 1. The van der Waals surface area contributed by atoms with E-state index in [-0.39, 0.29) is 24.8 Å². The number of halogens is 4. The molecule has 1 N–H and O–H groups in total. The Morgan fingerprint density at radius 1 is 1.14 bits per heavy atom. The minimum absolute atomic E-state index is 0. The zero-order valence-corrected chi connectivity index (χ0v) is 17.5. The first kappa shape index (κ1) is 19.9. The lowest BCUT2D eigenvalue weighted by molar-refractivity contribution is 0.203. The van der Waals surface area contributed by atoms with Gasteiger partial charge in [0.15, 0.2) is 0 Å². The summed E-state index contributed by atoms with van der Waals surface area (Å²) in [4.78, 5) is 5.42. The van der Waals surface area contributed by atoms with Crippen LogP contribution in [0.25, 0.3) is 0 Å². The highest BCUT2D eigenvalue weighted by Gasteiger charge is 2.26. The van der Waals surface area contributed by atoms with Crippen molar-refractivity contribution in [1.82, 2.24) is 10.2 Å². The summed E-state index contributed by atoms with van der Waals surface area (Å²) in [7, 11) is 0. The van der Waals surface area contributed by atoms with Crippen LogP contribution in [0.4, 0.5) is 0 Å². The lowest BCUT2D eigenvalue weighted by Crippen LogP contribution is -2.45. The minimum Gasteiger partial charge on any atom is -0.314 e. The van der Waals surface area contributed by atoms with E-state index >= 15 is 0 Å². The van der Waals surface area contributed by atoms with Crippen molar-refractivity contribution in [2.24, 2.45) is 0 Å². The van der Waals surface area contributed by atoms with Crippen LogP contribution < -0.4 is 5.32 Å². The number of nitrogens with zero attached hydrogens (tertiary/aromatic N) is 1. The van der Waals surface area contributed by atoms with Crippen LogP contribution in [0.3, 0.4) is 0 Å². The summed E-state index contributed by atoms with van der Waals surface area (Å²) in [6, 6.07) is 7.04. The molecule has 1 aliphatic rings. The molecule has 3 heterocycles. The largest absolute Gasteiger partial charge is 0.314 e. The molecule has 8 heteroatoms. The van der Waals surface area contributed by atoms with E-state index in [0.717, 1.165) is 30.7 Å². The predicted octanol–water partition coefficient (Wildman–Crippen LogP) is 5.17. The predicted molar refractivity (Wildman–Crippen MR) is 105 cm³/mol. The van der Waals surface area contributed by atoms with Gasteiger partial charge in [-0.3, -0.25) is 4.90 Å². The molecule has 1 saturated heterocycles. The summed E-state index contributed by atoms with van der Waals surface area (Å²) in [6.07, 6.45) is 0. The normalized spacial score (nSPS) is 16.9. The van der Waals surface area contributed by atoms with E-state index in [2.05, 4.69) is 65.7 Å². The summed E-state index contributed by atoms with van der Waals surface area (Å²) >= 11 is 10.9. The molecule has 3 rings (SSSR count). The van der Waals surface area contributed by atoms with Gasteiger partial charge in [-0.25, -0.2) is 0 Å². The maximum Gasteiger partial charge on any atom is 0.0843 e. The molecule has 0 radical (unpaired) electrons. The third kappa shape index (κ3) is 4.67. The summed E-state index contributed by atoms with van der Waals surface area (Å²) in [6.45, 7) is 4.37. The van der Waals surface area contributed by atoms with Crippen molar-refractivity contribution in [3.8, 4) is 0 Å². The lowest BCUT2D eigenvalue weighted by atomic mass is 10.1. The Morgan fingerprint density at radius 2 is 1.86 bits per heavy atom. The Bertz CT molecular complexity index is 523. The smallest absolute Gasteiger partial charge is 0.0843 e. The highest BCUT2D eigenvalue weighted by atomic mass is 79.9. The number of rotatable bonds is 3. The summed E-state index contributed by atoms with van der Waals surface area (Å²) in [5.74, 6) is 0. The van der Waals surface area contributed by atoms with E-state index in [4.69, 9.17) is 0 Å². The SMILES string of the molecule is Brc1cc([C@@H](c2cccs2)N2CCNCC2)sc1Br.Cl.Cl. The fraction of sp³-hybridized carbons (Fsp3) is 0.385. The van der Waals surface area contributed by atoms with Crippen molar-refractivity contribution in [3.63, 3.8) is 0 Å². The van der Waals surface area contributed by atoms with Crippen molar-refractivity contribution in [2.45, 2.75) is 6.04 Å². The monoisotopic (exact) mass is 492 g/mol. The second-order valence-electron chi connectivity index (χ2n) is 4.47. The van der Waals surface area contributed by atoms with E-state index in [1.807, 2.05) is 22.7 Å². The second-order valence-corrected chi connectivity index (χ2v) is 8.71. The quantitative estimate of drug-likeness (QED) is 0.633. The highest BCUT2D eigenvalue weighted by Crippen LogP contribution is 2.41. The zero-order valence-electron chi connectivity index (χ0n) is 11.1. The van der Waals surface area contributed by atoms with Gasteiger partial charge in [0.25, 0.3) is 0 Å². The summed E-state index contributed by atoms with van der Waals surface area (Å²) < 4.78 is 2.34. The van der Waals surface area contributed by atoms with Crippen LogP contribution in [0.2, 0.25) is 0 Å². The average Bonchev–Trinajstić information content (AvgIpc) is 3.03.